The molecule has 0 aliphatic carbocycles. The van der Waals surface area contributed by atoms with E-state index in [1.54, 1.807) is 11.3 Å². The Morgan fingerprint density at radius 1 is 1.35 bits per heavy atom. The summed E-state index contributed by atoms with van der Waals surface area (Å²) in [6.07, 6.45) is 1.71. The predicted octanol–water partition coefficient (Wildman–Crippen LogP) is 3.91. The highest BCUT2D eigenvalue weighted by Crippen LogP contribution is 2.28. The van der Waals surface area contributed by atoms with Gasteiger partial charge in [-0.3, -0.25) is 4.79 Å². The molecule has 108 valence electrons. The lowest BCUT2D eigenvalue weighted by atomic mass is 9.98. The lowest BCUT2D eigenvalue weighted by Gasteiger charge is -2.13. The van der Waals surface area contributed by atoms with Gasteiger partial charge in [0, 0.05) is 10.8 Å². The van der Waals surface area contributed by atoms with Gasteiger partial charge in [-0.15, -0.1) is 11.3 Å². The van der Waals surface area contributed by atoms with Gasteiger partial charge >= 0.3 is 0 Å². The van der Waals surface area contributed by atoms with E-state index in [1.807, 2.05) is 5.38 Å². The van der Waals surface area contributed by atoms with Crippen molar-refractivity contribution in [3.05, 3.63) is 30.9 Å². The molecule has 0 atom stereocenters. The van der Waals surface area contributed by atoms with Gasteiger partial charge in [-0.1, -0.05) is 34.1 Å². The number of nitrogens with one attached hydrogen (secondary N) is 1. The second kappa shape index (κ2) is 5.77. The molecule has 6 heteroatoms. The van der Waals surface area contributed by atoms with Crippen molar-refractivity contribution < 1.29 is 0 Å². The largest absolute Gasteiger partial charge is 0.304 e. The second-order valence-electron chi connectivity index (χ2n) is 5.71. The molecule has 0 bridgehead atoms. The smallest absolute Gasteiger partial charge is 0.265 e. The van der Waals surface area contributed by atoms with Crippen molar-refractivity contribution in [2.75, 3.05) is 0 Å². The van der Waals surface area contributed by atoms with Gasteiger partial charge in [-0.05, 0) is 22.4 Å². The van der Waals surface area contributed by atoms with Crippen molar-refractivity contribution in [1.29, 1.82) is 0 Å². The fraction of sp³-hybridized carbons (Fsp3) is 0.500. The third kappa shape index (κ3) is 3.17. The van der Waals surface area contributed by atoms with E-state index >= 15 is 0 Å². The average molecular weight is 356 g/mol. The molecule has 0 unspecified atom stereocenters. The summed E-state index contributed by atoms with van der Waals surface area (Å²) in [6, 6.07) is 0. The Balaban J connectivity index is 2.48. The monoisotopic (exact) mass is 355 g/mol. The van der Waals surface area contributed by atoms with E-state index in [4.69, 9.17) is 0 Å². The third-order valence-electron chi connectivity index (χ3n) is 2.81. The highest BCUT2D eigenvalue weighted by molar-refractivity contribution is 9.10. The standard InChI is InChI=1S/C14H18BrN3OS/c1-5-6-8-10(15)12(19)18-11(16-8)9-7-20-13(17-9)14(2,3)4/h7H,5-6H2,1-4H3,(H,16,18,19). The topological polar surface area (TPSA) is 58.6 Å². The van der Waals surface area contributed by atoms with Crippen molar-refractivity contribution in [2.45, 2.75) is 46.0 Å². The summed E-state index contributed by atoms with van der Waals surface area (Å²) in [5.74, 6) is 0.549. The Labute approximate surface area is 130 Å². The maximum Gasteiger partial charge on any atom is 0.265 e. The van der Waals surface area contributed by atoms with Crippen LogP contribution in [0.3, 0.4) is 0 Å². The molecule has 0 spiro atoms. The number of aryl methyl sites for hydroxylation is 1. The zero-order valence-electron chi connectivity index (χ0n) is 12.1. The van der Waals surface area contributed by atoms with Crippen molar-refractivity contribution in [3.63, 3.8) is 0 Å². The number of hydrogen-bond donors (Lipinski definition) is 1. The first-order chi connectivity index (χ1) is 9.32. The molecule has 2 rings (SSSR count). The maximum absolute atomic E-state index is 11.9. The van der Waals surface area contributed by atoms with Gasteiger partial charge in [0.25, 0.3) is 5.56 Å². The second-order valence-corrected chi connectivity index (χ2v) is 7.36. The van der Waals surface area contributed by atoms with E-state index in [0.717, 1.165) is 29.2 Å². The minimum atomic E-state index is -0.149. The fourth-order valence-corrected chi connectivity index (χ4v) is 3.03. The van der Waals surface area contributed by atoms with Crippen LogP contribution in [-0.4, -0.2) is 15.0 Å². The SMILES string of the molecule is CCCc1nc(-c2csc(C(C)(C)C)n2)[nH]c(=O)c1Br. The fourth-order valence-electron chi connectivity index (χ4n) is 1.76. The molecular formula is C14H18BrN3OS. The van der Waals surface area contributed by atoms with Crippen LogP contribution in [0.5, 0.6) is 0 Å². The average Bonchev–Trinajstić information content (AvgIpc) is 2.84. The van der Waals surface area contributed by atoms with Crippen LogP contribution in [-0.2, 0) is 11.8 Å². The van der Waals surface area contributed by atoms with Crippen LogP contribution in [0.15, 0.2) is 14.6 Å². The number of aromatic nitrogens is 3. The van der Waals surface area contributed by atoms with Crippen molar-refractivity contribution in [2.24, 2.45) is 0 Å². The summed E-state index contributed by atoms with van der Waals surface area (Å²) >= 11 is 4.90. The molecule has 1 N–H and O–H groups in total. The quantitative estimate of drug-likeness (QED) is 0.907. The molecule has 20 heavy (non-hydrogen) atoms. The number of thiazole rings is 1. The third-order valence-corrected chi connectivity index (χ3v) is 4.89. The lowest BCUT2D eigenvalue weighted by molar-refractivity contribution is 0.585. The normalized spacial score (nSPS) is 11.8. The minimum absolute atomic E-state index is 0.00479. The molecule has 0 amide bonds. The van der Waals surface area contributed by atoms with Crippen LogP contribution in [0.1, 0.15) is 44.8 Å². The van der Waals surface area contributed by atoms with E-state index in [2.05, 4.69) is 58.6 Å². The highest BCUT2D eigenvalue weighted by atomic mass is 79.9. The van der Waals surface area contributed by atoms with E-state index in [9.17, 15) is 4.79 Å². The highest BCUT2D eigenvalue weighted by Gasteiger charge is 2.19. The number of rotatable bonds is 3. The molecule has 0 radical (unpaired) electrons. The van der Waals surface area contributed by atoms with Crippen molar-refractivity contribution >= 4 is 27.3 Å². The Bertz CT molecular complexity index is 670. The van der Waals surface area contributed by atoms with Crippen LogP contribution in [0, 0.1) is 0 Å². The molecule has 2 aromatic rings. The summed E-state index contributed by atoms with van der Waals surface area (Å²) in [4.78, 5) is 23.9. The van der Waals surface area contributed by atoms with Gasteiger partial charge in [0.1, 0.15) is 10.2 Å². The first-order valence-electron chi connectivity index (χ1n) is 6.58. The Kier molecular flexibility index (Phi) is 4.44. The first-order valence-corrected chi connectivity index (χ1v) is 8.25. The van der Waals surface area contributed by atoms with E-state index in [-0.39, 0.29) is 11.0 Å². The lowest BCUT2D eigenvalue weighted by Crippen LogP contribution is -2.14. The van der Waals surface area contributed by atoms with E-state index in [0.29, 0.717) is 10.3 Å². The van der Waals surface area contributed by atoms with Crippen LogP contribution in [0.25, 0.3) is 11.5 Å². The van der Waals surface area contributed by atoms with Gasteiger partial charge in [-0.25, -0.2) is 9.97 Å². The number of nitrogens with zero attached hydrogens (tertiary/aromatic N) is 2. The molecule has 0 aliphatic rings. The Hall–Kier alpha value is -1.01. The zero-order chi connectivity index (χ0) is 14.9. The van der Waals surface area contributed by atoms with Crippen LogP contribution in [0.4, 0.5) is 0 Å². The van der Waals surface area contributed by atoms with Gasteiger partial charge < -0.3 is 4.98 Å². The van der Waals surface area contributed by atoms with Crippen LogP contribution < -0.4 is 5.56 Å². The van der Waals surface area contributed by atoms with Gasteiger partial charge in [0.2, 0.25) is 0 Å². The summed E-state index contributed by atoms with van der Waals surface area (Å²) in [6.45, 7) is 8.43. The van der Waals surface area contributed by atoms with Crippen LogP contribution >= 0.6 is 27.3 Å². The maximum atomic E-state index is 11.9. The predicted molar refractivity (Wildman–Crippen MR) is 86.4 cm³/mol. The zero-order valence-corrected chi connectivity index (χ0v) is 14.5. The molecule has 0 fully saturated rings. The molecule has 0 aromatic carbocycles. The van der Waals surface area contributed by atoms with Gasteiger partial charge in [0.05, 0.1) is 10.7 Å². The molecule has 2 aromatic heterocycles. The molecule has 4 nitrogen and oxygen atoms in total. The number of halogens is 1. The number of hydrogen-bond acceptors (Lipinski definition) is 4. The first kappa shape index (κ1) is 15.4. The summed E-state index contributed by atoms with van der Waals surface area (Å²) < 4.78 is 0.523. The number of aromatic amines is 1. The Morgan fingerprint density at radius 3 is 2.60 bits per heavy atom. The van der Waals surface area contributed by atoms with Gasteiger partial charge in [-0.2, -0.15) is 0 Å². The Morgan fingerprint density at radius 2 is 2.05 bits per heavy atom. The molecule has 0 saturated carbocycles. The van der Waals surface area contributed by atoms with E-state index in [1.165, 1.54) is 0 Å². The van der Waals surface area contributed by atoms with E-state index < -0.39 is 0 Å². The van der Waals surface area contributed by atoms with Crippen molar-refractivity contribution in [3.8, 4) is 11.5 Å². The van der Waals surface area contributed by atoms with Crippen LogP contribution in [0.2, 0.25) is 0 Å². The molecular weight excluding hydrogens is 338 g/mol. The summed E-state index contributed by atoms with van der Waals surface area (Å²) in [7, 11) is 0. The summed E-state index contributed by atoms with van der Waals surface area (Å²) in [5.41, 5.74) is 1.38. The molecule has 2 heterocycles. The number of H-pyrrole nitrogens is 1. The molecule has 0 aliphatic heterocycles. The summed E-state index contributed by atoms with van der Waals surface area (Å²) in [5, 5.41) is 2.98. The van der Waals surface area contributed by atoms with Gasteiger partial charge in [0.15, 0.2) is 5.82 Å². The molecule has 0 saturated heterocycles. The van der Waals surface area contributed by atoms with Crippen molar-refractivity contribution in [1.82, 2.24) is 15.0 Å². The minimum Gasteiger partial charge on any atom is -0.304 e.